The molecular formula is C13H25NO3. The van der Waals surface area contributed by atoms with Gasteiger partial charge in [0.05, 0.1) is 5.60 Å². The van der Waals surface area contributed by atoms with Crippen LogP contribution >= 0.6 is 0 Å². The van der Waals surface area contributed by atoms with Gasteiger partial charge in [0.25, 0.3) is 0 Å². The molecule has 0 aromatic rings. The molecule has 100 valence electrons. The van der Waals surface area contributed by atoms with E-state index in [-0.39, 0.29) is 11.5 Å². The van der Waals surface area contributed by atoms with Crippen LogP contribution in [0.15, 0.2) is 0 Å². The third kappa shape index (κ3) is 3.96. The van der Waals surface area contributed by atoms with Crippen molar-refractivity contribution in [3.05, 3.63) is 0 Å². The maximum Gasteiger partial charge on any atom is 0.249 e. The zero-order valence-electron chi connectivity index (χ0n) is 11.4. The molecule has 4 nitrogen and oxygen atoms in total. The van der Waals surface area contributed by atoms with Gasteiger partial charge in [0.2, 0.25) is 5.91 Å². The lowest BCUT2D eigenvalue weighted by atomic mass is 9.78. The number of rotatable bonds is 4. The normalized spacial score (nSPS) is 30.2. The summed E-state index contributed by atoms with van der Waals surface area (Å²) < 4.78 is 11.1. The number of carbonyl (C=O) groups excluding carboxylic acids is 1. The van der Waals surface area contributed by atoms with Crippen molar-refractivity contribution in [2.75, 3.05) is 13.7 Å². The predicted molar refractivity (Wildman–Crippen MR) is 66.6 cm³/mol. The number of amides is 1. The highest BCUT2D eigenvalue weighted by Crippen LogP contribution is 2.37. The molecule has 0 aromatic carbocycles. The topological polar surface area (TPSA) is 61.6 Å². The molecule has 0 unspecified atom stereocenters. The van der Waals surface area contributed by atoms with Gasteiger partial charge < -0.3 is 15.2 Å². The van der Waals surface area contributed by atoms with Crippen molar-refractivity contribution in [3.63, 3.8) is 0 Å². The van der Waals surface area contributed by atoms with Crippen LogP contribution < -0.4 is 5.73 Å². The van der Waals surface area contributed by atoms with Gasteiger partial charge in [0.15, 0.2) is 0 Å². The van der Waals surface area contributed by atoms with E-state index in [1.165, 1.54) is 0 Å². The van der Waals surface area contributed by atoms with Crippen LogP contribution in [0.1, 0.15) is 46.5 Å². The smallest absolute Gasteiger partial charge is 0.249 e. The van der Waals surface area contributed by atoms with Gasteiger partial charge in [-0.2, -0.15) is 0 Å². The third-order valence-corrected chi connectivity index (χ3v) is 3.27. The molecule has 0 heterocycles. The summed E-state index contributed by atoms with van der Waals surface area (Å²) in [5, 5.41) is 0. The lowest BCUT2D eigenvalue weighted by Crippen LogP contribution is -2.52. The molecule has 1 aliphatic rings. The van der Waals surface area contributed by atoms with E-state index < -0.39 is 5.60 Å². The lowest BCUT2D eigenvalue weighted by Gasteiger charge is -2.41. The van der Waals surface area contributed by atoms with E-state index in [0.717, 1.165) is 19.4 Å². The van der Waals surface area contributed by atoms with E-state index in [9.17, 15) is 4.79 Å². The van der Waals surface area contributed by atoms with Crippen molar-refractivity contribution >= 4 is 5.91 Å². The average Bonchev–Trinajstić information content (AvgIpc) is 2.19. The van der Waals surface area contributed by atoms with Crippen LogP contribution in [-0.4, -0.2) is 30.8 Å². The summed E-state index contributed by atoms with van der Waals surface area (Å²) in [6.45, 7) is 6.63. The molecule has 4 heteroatoms. The Labute approximate surface area is 104 Å². The highest BCUT2D eigenvalue weighted by Gasteiger charge is 2.44. The van der Waals surface area contributed by atoms with Crippen LogP contribution in [0.2, 0.25) is 0 Å². The van der Waals surface area contributed by atoms with Crippen molar-refractivity contribution in [2.45, 2.75) is 57.7 Å². The number of primary amides is 1. The van der Waals surface area contributed by atoms with Crippen LogP contribution in [0.4, 0.5) is 0 Å². The molecule has 2 N–H and O–H groups in total. The molecule has 0 aromatic heterocycles. The molecule has 17 heavy (non-hydrogen) atoms. The minimum absolute atomic E-state index is 0.330. The van der Waals surface area contributed by atoms with E-state index in [4.69, 9.17) is 15.2 Å². The monoisotopic (exact) mass is 243 g/mol. The Balaban J connectivity index is 2.67. The van der Waals surface area contributed by atoms with Crippen LogP contribution in [0.25, 0.3) is 0 Å². The number of hydrogen-bond donors (Lipinski definition) is 1. The highest BCUT2D eigenvalue weighted by atomic mass is 16.5. The first-order chi connectivity index (χ1) is 7.79. The van der Waals surface area contributed by atoms with E-state index in [1.807, 2.05) is 20.8 Å². The van der Waals surface area contributed by atoms with E-state index in [2.05, 4.69) is 0 Å². The largest absolute Gasteiger partial charge is 0.384 e. The summed E-state index contributed by atoms with van der Waals surface area (Å²) >= 11 is 0. The van der Waals surface area contributed by atoms with Gasteiger partial charge in [-0.15, -0.1) is 0 Å². The Morgan fingerprint density at radius 3 is 2.24 bits per heavy atom. The van der Waals surface area contributed by atoms with Gasteiger partial charge in [0.1, 0.15) is 5.60 Å². The Kier molecular flexibility index (Phi) is 4.55. The summed E-state index contributed by atoms with van der Waals surface area (Å²) in [4.78, 5) is 11.7. The van der Waals surface area contributed by atoms with Crippen LogP contribution in [0.5, 0.6) is 0 Å². The van der Waals surface area contributed by atoms with Crippen molar-refractivity contribution in [3.8, 4) is 0 Å². The standard InChI is InChI=1S/C13H25NO3/c1-12(2,3)17-13(11(14)15)7-5-10(6-8-13)9-16-4/h10H,5-9H2,1-4H3,(H2,14,15). The number of methoxy groups -OCH3 is 1. The molecule has 1 fully saturated rings. The number of hydrogen-bond acceptors (Lipinski definition) is 3. The SMILES string of the molecule is COCC1CCC(OC(C)(C)C)(C(N)=O)CC1. The number of ether oxygens (including phenoxy) is 2. The first kappa shape index (κ1) is 14.5. The van der Waals surface area contributed by atoms with Crippen molar-refractivity contribution < 1.29 is 14.3 Å². The molecule has 1 rings (SSSR count). The second-order valence-corrected chi connectivity index (χ2v) is 5.97. The molecule has 0 bridgehead atoms. The fourth-order valence-electron chi connectivity index (χ4n) is 2.53. The maximum atomic E-state index is 11.7. The summed E-state index contributed by atoms with van der Waals surface area (Å²) in [5.41, 5.74) is 4.41. The minimum Gasteiger partial charge on any atom is -0.384 e. The fourth-order valence-corrected chi connectivity index (χ4v) is 2.53. The second kappa shape index (κ2) is 5.36. The quantitative estimate of drug-likeness (QED) is 0.819. The van der Waals surface area contributed by atoms with Gasteiger partial charge in [-0.3, -0.25) is 4.79 Å². The number of nitrogens with two attached hydrogens (primary N) is 1. The Morgan fingerprint density at radius 1 is 1.35 bits per heavy atom. The first-order valence-electron chi connectivity index (χ1n) is 6.28. The average molecular weight is 243 g/mol. The summed E-state index contributed by atoms with van der Waals surface area (Å²) in [7, 11) is 1.71. The molecule has 1 aliphatic carbocycles. The molecular weight excluding hydrogens is 218 g/mol. The van der Waals surface area contributed by atoms with Crippen LogP contribution in [0.3, 0.4) is 0 Å². The van der Waals surface area contributed by atoms with Gasteiger partial charge in [-0.05, 0) is 52.4 Å². The highest BCUT2D eigenvalue weighted by molar-refractivity contribution is 5.83. The predicted octanol–water partition coefficient (Wildman–Crippen LogP) is 1.86. The molecule has 0 radical (unpaired) electrons. The van der Waals surface area contributed by atoms with E-state index in [0.29, 0.717) is 18.8 Å². The van der Waals surface area contributed by atoms with E-state index >= 15 is 0 Å². The molecule has 0 atom stereocenters. The Bertz CT molecular complexity index is 262. The van der Waals surface area contributed by atoms with E-state index in [1.54, 1.807) is 7.11 Å². The van der Waals surface area contributed by atoms with Crippen LogP contribution in [-0.2, 0) is 14.3 Å². The molecule has 0 spiro atoms. The van der Waals surface area contributed by atoms with Gasteiger partial charge in [0, 0.05) is 13.7 Å². The summed E-state index contributed by atoms with van der Waals surface area (Å²) in [5.74, 6) is 0.194. The van der Waals surface area contributed by atoms with Crippen LogP contribution in [0, 0.1) is 5.92 Å². The van der Waals surface area contributed by atoms with Crippen molar-refractivity contribution in [1.82, 2.24) is 0 Å². The zero-order valence-corrected chi connectivity index (χ0v) is 11.4. The van der Waals surface area contributed by atoms with Crippen molar-refractivity contribution in [2.24, 2.45) is 11.7 Å². The maximum absolute atomic E-state index is 11.7. The molecule has 1 saturated carbocycles. The summed E-state index contributed by atoms with van der Waals surface area (Å²) in [6, 6.07) is 0. The first-order valence-corrected chi connectivity index (χ1v) is 6.28. The molecule has 0 aliphatic heterocycles. The second-order valence-electron chi connectivity index (χ2n) is 5.97. The Hall–Kier alpha value is -0.610. The minimum atomic E-state index is -0.775. The summed E-state index contributed by atoms with van der Waals surface area (Å²) in [6.07, 6.45) is 3.28. The van der Waals surface area contributed by atoms with Gasteiger partial charge in [-0.25, -0.2) is 0 Å². The Morgan fingerprint density at radius 2 is 1.88 bits per heavy atom. The van der Waals surface area contributed by atoms with Crippen molar-refractivity contribution in [1.29, 1.82) is 0 Å². The fraction of sp³-hybridized carbons (Fsp3) is 0.923. The molecule has 1 amide bonds. The van der Waals surface area contributed by atoms with Gasteiger partial charge in [-0.1, -0.05) is 0 Å². The third-order valence-electron chi connectivity index (χ3n) is 3.27. The van der Waals surface area contributed by atoms with Gasteiger partial charge >= 0.3 is 0 Å². The molecule has 0 saturated heterocycles. The zero-order chi connectivity index (χ0) is 13.1. The number of carbonyl (C=O) groups is 1. The lowest BCUT2D eigenvalue weighted by molar-refractivity contribution is -0.175.